The van der Waals surface area contributed by atoms with E-state index in [0.29, 0.717) is 6.04 Å². The Labute approximate surface area is 103 Å². The van der Waals surface area contributed by atoms with Crippen LogP contribution in [-0.4, -0.2) is 41.6 Å². The number of nitrogens with one attached hydrogen (secondary N) is 1. The van der Waals surface area contributed by atoms with Gasteiger partial charge in [-0.15, -0.1) is 0 Å². The minimum atomic E-state index is 0.120. The van der Waals surface area contributed by atoms with E-state index in [2.05, 4.69) is 5.32 Å². The number of carbonyl (C=O) groups excluding carboxylic acids is 1. The lowest BCUT2D eigenvalue weighted by Gasteiger charge is -2.31. The van der Waals surface area contributed by atoms with E-state index < -0.39 is 0 Å². The van der Waals surface area contributed by atoms with Crippen LogP contribution in [0.15, 0.2) is 12.1 Å². The normalized spacial score (nSPS) is 20.3. The van der Waals surface area contributed by atoms with Crippen molar-refractivity contribution in [3.8, 4) is 0 Å². The zero-order valence-electron chi connectivity index (χ0n) is 10.9. The highest BCUT2D eigenvalue weighted by Gasteiger charge is 2.24. The minimum Gasteiger partial charge on any atom is -0.344 e. The van der Waals surface area contributed by atoms with Gasteiger partial charge in [0.15, 0.2) is 0 Å². The molecule has 0 bridgehead atoms. The highest BCUT2D eigenvalue weighted by Crippen LogP contribution is 2.14. The van der Waals surface area contributed by atoms with Crippen LogP contribution in [0.25, 0.3) is 0 Å². The van der Waals surface area contributed by atoms with Crippen molar-refractivity contribution in [3.05, 3.63) is 23.5 Å². The number of hydrogen-bond acceptors (Lipinski definition) is 2. The molecule has 1 aliphatic rings. The van der Waals surface area contributed by atoms with E-state index in [1.165, 1.54) is 0 Å². The first-order valence-electron chi connectivity index (χ1n) is 6.21. The van der Waals surface area contributed by atoms with Crippen LogP contribution < -0.4 is 5.32 Å². The van der Waals surface area contributed by atoms with E-state index >= 15 is 0 Å². The van der Waals surface area contributed by atoms with E-state index in [9.17, 15) is 4.79 Å². The molecule has 0 spiro atoms. The summed E-state index contributed by atoms with van der Waals surface area (Å²) in [7, 11) is 3.85. The number of likely N-dealkylation sites (N-methyl/N-ethyl adjacent to an activating group) is 1. The third kappa shape index (κ3) is 2.36. The molecule has 1 aromatic rings. The molecule has 94 valence electrons. The topological polar surface area (TPSA) is 37.3 Å². The average Bonchev–Trinajstić information content (AvgIpc) is 2.69. The maximum atomic E-state index is 12.4. The van der Waals surface area contributed by atoms with Crippen molar-refractivity contribution in [1.82, 2.24) is 14.8 Å². The monoisotopic (exact) mass is 235 g/mol. The van der Waals surface area contributed by atoms with Gasteiger partial charge in [0.1, 0.15) is 5.69 Å². The van der Waals surface area contributed by atoms with E-state index in [0.717, 1.165) is 37.3 Å². The second kappa shape index (κ2) is 4.92. The van der Waals surface area contributed by atoms with Crippen molar-refractivity contribution in [3.63, 3.8) is 0 Å². The summed E-state index contributed by atoms with van der Waals surface area (Å²) in [5.74, 6) is 0.120. The van der Waals surface area contributed by atoms with Gasteiger partial charge in [-0.05, 0) is 38.4 Å². The molecule has 1 N–H and O–H groups in total. The first-order valence-corrected chi connectivity index (χ1v) is 6.21. The number of aromatic nitrogens is 1. The number of hydrogen-bond donors (Lipinski definition) is 1. The van der Waals surface area contributed by atoms with E-state index in [4.69, 9.17) is 0 Å². The summed E-state index contributed by atoms with van der Waals surface area (Å²) in [6, 6.07) is 4.22. The third-order valence-corrected chi connectivity index (χ3v) is 3.73. The van der Waals surface area contributed by atoms with Crippen LogP contribution in [0.5, 0.6) is 0 Å². The summed E-state index contributed by atoms with van der Waals surface area (Å²) in [6.45, 7) is 3.99. The van der Waals surface area contributed by atoms with Crippen LogP contribution in [0.2, 0.25) is 0 Å². The molecule has 2 rings (SSSR count). The zero-order valence-corrected chi connectivity index (χ0v) is 10.9. The fraction of sp³-hybridized carbons (Fsp3) is 0.615. The Morgan fingerprint density at radius 2 is 2.29 bits per heavy atom. The van der Waals surface area contributed by atoms with Crippen molar-refractivity contribution in [2.24, 2.45) is 7.05 Å². The SMILES string of the molecule is Cc1ccc(C(=O)N(C)C2CCCNC2)n1C. The van der Waals surface area contributed by atoms with Crippen molar-refractivity contribution >= 4 is 5.91 Å². The summed E-state index contributed by atoms with van der Waals surface area (Å²) < 4.78 is 1.95. The standard InChI is InChI=1S/C13H21N3O/c1-10-6-7-12(15(10)2)13(17)16(3)11-5-4-8-14-9-11/h6-7,11,14H,4-5,8-9H2,1-3H3. The number of amides is 1. The number of carbonyl (C=O) groups is 1. The molecule has 0 aliphatic carbocycles. The molecule has 4 nitrogen and oxygen atoms in total. The molecule has 1 fully saturated rings. The lowest BCUT2D eigenvalue weighted by atomic mass is 10.1. The molecular weight excluding hydrogens is 214 g/mol. The number of rotatable bonds is 2. The molecule has 1 aromatic heterocycles. The first-order chi connectivity index (χ1) is 8.11. The molecule has 2 heterocycles. The fourth-order valence-electron chi connectivity index (χ4n) is 2.34. The molecule has 0 saturated carbocycles. The highest BCUT2D eigenvalue weighted by atomic mass is 16.2. The van der Waals surface area contributed by atoms with Gasteiger partial charge in [0.25, 0.3) is 5.91 Å². The lowest BCUT2D eigenvalue weighted by Crippen LogP contribution is -2.47. The van der Waals surface area contributed by atoms with Crippen LogP contribution in [0.1, 0.15) is 29.0 Å². The van der Waals surface area contributed by atoms with E-state index in [1.54, 1.807) is 0 Å². The summed E-state index contributed by atoms with van der Waals surface area (Å²) in [5.41, 5.74) is 1.89. The van der Waals surface area contributed by atoms with Crippen molar-refractivity contribution < 1.29 is 4.79 Å². The Kier molecular flexibility index (Phi) is 3.52. The summed E-state index contributed by atoms with van der Waals surface area (Å²) in [4.78, 5) is 14.2. The van der Waals surface area contributed by atoms with Crippen LogP contribution in [0.4, 0.5) is 0 Å². The van der Waals surface area contributed by atoms with Crippen LogP contribution in [-0.2, 0) is 7.05 Å². The average molecular weight is 235 g/mol. The zero-order chi connectivity index (χ0) is 12.4. The van der Waals surface area contributed by atoms with Gasteiger partial charge >= 0.3 is 0 Å². The molecule has 0 aromatic carbocycles. The van der Waals surface area contributed by atoms with Gasteiger partial charge in [-0.1, -0.05) is 0 Å². The molecule has 4 heteroatoms. The largest absolute Gasteiger partial charge is 0.344 e. The van der Waals surface area contributed by atoms with Crippen molar-refractivity contribution in [2.75, 3.05) is 20.1 Å². The molecule has 0 radical (unpaired) electrons. The molecule has 1 amide bonds. The van der Waals surface area contributed by atoms with Gasteiger partial charge in [0.05, 0.1) is 0 Å². The minimum absolute atomic E-state index is 0.120. The Hall–Kier alpha value is -1.29. The molecule has 17 heavy (non-hydrogen) atoms. The maximum absolute atomic E-state index is 12.4. The van der Waals surface area contributed by atoms with Crippen LogP contribution >= 0.6 is 0 Å². The van der Waals surface area contributed by atoms with Crippen LogP contribution in [0.3, 0.4) is 0 Å². The van der Waals surface area contributed by atoms with Gasteiger partial charge in [-0.25, -0.2) is 0 Å². The van der Waals surface area contributed by atoms with Gasteiger partial charge in [-0.2, -0.15) is 0 Å². The van der Waals surface area contributed by atoms with Gasteiger partial charge in [0, 0.05) is 32.4 Å². The first kappa shape index (κ1) is 12.2. The Morgan fingerprint density at radius 1 is 1.53 bits per heavy atom. The quantitative estimate of drug-likeness (QED) is 0.835. The van der Waals surface area contributed by atoms with E-state index in [-0.39, 0.29) is 5.91 Å². The number of aryl methyl sites for hydroxylation is 1. The molecule has 1 aliphatic heterocycles. The van der Waals surface area contributed by atoms with Gasteiger partial charge in [-0.3, -0.25) is 4.79 Å². The predicted molar refractivity (Wildman–Crippen MR) is 68.1 cm³/mol. The summed E-state index contributed by atoms with van der Waals surface area (Å²) in [5, 5.41) is 3.34. The molecule has 1 atom stereocenters. The summed E-state index contributed by atoms with van der Waals surface area (Å²) >= 11 is 0. The number of nitrogens with zero attached hydrogens (tertiary/aromatic N) is 2. The Bertz CT molecular complexity index is 405. The molecule has 1 unspecified atom stereocenters. The maximum Gasteiger partial charge on any atom is 0.270 e. The van der Waals surface area contributed by atoms with Crippen LogP contribution in [0, 0.1) is 6.92 Å². The third-order valence-electron chi connectivity index (χ3n) is 3.73. The van der Waals surface area contributed by atoms with Crippen molar-refractivity contribution in [2.45, 2.75) is 25.8 Å². The smallest absolute Gasteiger partial charge is 0.270 e. The number of piperidine rings is 1. The Balaban J connectivity index is 2.11. The fourth-order valence-corrected chi connectivity index (χ4v) is 2.34. The predicted octanol–water partition coefficient (Wildman–Crippen LogP) is 1.16. The van der Waals surface area contributed by atoms with E-state index in [1.807, 2.05) is 42.6 Å². The molecular formula is C13H21N3O. The van der Waals surface area contributed by atoms with Gasteiger partial charge in [0.2, 0.25) is 0 Å². The summed E-state index contributed by atoms with van der Waals surface area (Å²) in [6.07, 6.45) is 2.24. The Morgan fingerprint density at radius 3 is 2.82 bits per heavy atom. The second-order valence-corrected chi connectivity index (χ2v) is 4.84. The molecule has 1 saturated heterocycles. The lowest BCUT2D eigenvalue weighted by molar-refractivity contribution is 0.0698. The van der Waals surface area contributed by atoms with Gasteiger partial charge < -0.3 is 14.8 Å². The van der Waals surface area contributed by atoms with Crippen molar-refractivity contribution in [1.29, 1.82) is 0 Å². The highest BCUT2D eigenvalue weighted by molar-refractivity contribution is 5.93. The second-order valence-electron chi connectivity index (χ2n) is 4.84.